The highest BCUT2D eigenvalue weighted by atomic mass is 16.3. The summed E-state index contributed by atoms with van der Waals surface area (Å²) in [4.78, 5) is 3.26. The van der Waals surface area contributed by atoms with Crippen LogP contribution in [0.4, 0.5) is 0 Å². The van der Waals surface area contributed by atoms with Crippen molar-refractivity contribution in [1.29, 1.82) is 0 Å². The zero-order valence-corrected chi connectivity index (χ0v) is 13.9. The third kappa shape index (κ3) is 11.2. The molecule has 0 saturated carbocycles. The summed E-state index contributed by atoms with van der Waals surface area (Å²) in [5.41, 5.74) is 0. The van der Waals surface area contributed by atoms with Crippen LogP contribution in [0.2, 0.25) is 0 Å². The number of rotatable bonds is 15. The maximum Gasteiger partial charge on any atom is 0.0897 e. The number of hydrogen-bond acceptors (Lipinski definition) is 10. The van der Waals surface area contributed by atoms with Crippen LogP contribution in [0.5, 0.6) is 0 Å². The van der Waals surface area contributed by atoms with E-state index >= 15 is 0 Å². The van der Waals surface area contributed by atoms with Gasteiger partial charge in [0.25, 0.3) is 0 Å². The molecule has 0 aliphatic rings. The fraction of sp³-hybridized carbons (Fsp3) is 1.00. The Kier molecular flexibility index (Phi) is 13.6. The fourth-order valence-electron chi connectivity index (χ4n) is 2.22. The smallest absolute Gasteiger partial charge is 0.0897 e. The standard InChI is InChI=1S/C14H32N2O8/c17-7-11(21)3-15(4-12(22)8-18)1-2-16(5-13(23)9-19)6-14(24)10-20/h11-14,17-24H,1-10H2. The van der Waals surface area contributed by atoms with Crippen LogP contribution < -0.4 is 0 Å². The summed E-state index contributed by atoms with van der Waals surface area (Å²) < 4.78 is 0. The second kappa shape index (κ2) is 13.8. The molecule has 0 aromatic carbocycles. The molecule has 0 aliphatic heterocycles. The zero-order valence-electron chi connectivity index (χ0n) is 13.9. The van der Waals surface area contributed by atoms with E-state index in [1.54, 1.807) is 9.80 Å². The molecule has 8 N–H and O–H groups in total. The van der Waals surface area contributed by atoms with E-state index in [2.05, 4.69) is 0 Å². The van der Waals surface area contributed by atoms with Crippen LogP contribution >= 0.6 is 0 Å². The van der Waals surface area contributed by atoms with Crippen molar-refractivity contribution < 1.29 is 40.9 Å². The fourth-order valence-corrected chi connectivity index (χ4v) is 2.22. The van der Waals surface area contributed by atoms with Crippen molar-refractivity contribution in [2.24, 2.45) is 0 Å². The first kappa shape index (κ1) is 23.6. The minimum Gasteiger partial charge on any atom is -0.394 e. The van der Waals surface area contributed by atoms with Gasteiger partial charge in [-0.3, -0.25) is 9.80 Å². The minimum atomic E-state index is -1.00. The van der Waals surface area contributed by atoms with Crippen LogP contribution in [-0.4, -0.2) is 141 Å². The highest BCUT2D eigenvalue weighted by Gasteiger charge is 2.19. The van der Waals surface area contributed by atoms with Gasteiger partial charge in [-0.1, -0.05) is 0 Å². The van der Waals surface area contributed by atoms with Gasteiger partial charge in [-0.2, -0.15) is 0 Å². The second-order valence-electron chi connectivity index (χ2n) is 5.86. The molecule has 0 amide bonds. The predicted octanol–water partition coefficient (Wildman–Crippen LogP) is -5.00. The average Bonchev–Trinajstić information content (AvgIpc) is 2.58. The maximum absolute atomic E-state index is 9.55. The van der Waals surface area contributed by atoms with Crippen LogP contribution in [0.25, 0.3) is 0 Å². The summed E-state index contributed by atoms with van der Waals surface area (Å²) in [6.07, 6.45) is -4.02. The first-order valence-electron chi connectivity index (χ1n) is 7.96. The molecular weight excluding hydrogens is 324 g/mol. The van der Waals surface area contributed by atoms with Crippen molar-refractivity contribution in [1.82, 2.24) is 9.80 Å². The third-order valence-electron chi connectivity index (χ3n) is 3.45. The molecule has 0 aromatic heterocycles. The Morgan fingerprint density at radius 3 is 0.833 bits per heavy atom. The van der Waals surface area contributed by atoms with Gasteiger partial charge in [0.15, 0.2) is 0 Å². The largest absolute Gasteiger partial charge is 0.394 e. The molecule has 0 bridgehead atoms. The lowest BCUT2D eigenvalue weighted by Gasteiger charge is -2.31. The summed E-state index contributed by atoms with van der Waals surface area (Å²) in [6.45, 7) is -0.847. The van der Waals surface area contributed by atoms with Crippen molar-refractivity contribution in [3.8, 4) is 0 Å². The van der Waals surface area contributed by atoms with E-state index < -0.39 is 50.8 Å². The lowest BCUT2D eigenvalue weighted by Crippen LogP contribution is -2.47. The van der Waals surface area contributed by atoms with Gasteiger partial charge in [-0.15, -0.1) is 0 Å². The van der Waals surface area contributed by atoms with Crippen molar-refractivity contribution in [3.05, 3.63) is 0 Å². The second-order valence-corrected chi connectivity index (χ2v) is 5.86. The quantitative estimate of drug-likeness (QED) is 0.142. The summed E-state index contributed by atoms with van der Waals surface area (Å²) in [5.74, 6) is 0. The molecule has 0 rings (SSSR count). The number of aliphatic hydroxyl groups excluding tert-OH is 8. The molecule has 4 atom stereocenters. The third-order valence-corrected chi connectivity index (χ3v) is 3.45. The predicted molar refractivity (Wildman–Crippen MR) is 85.3 cm³/mol. The molecule has 4 unspecified atom stereocenters. The van der Waals surface area contributed by atoms with E-state index in [-0.39, 0.29) is 26.2 Å². The average molecular weight is 356 g/mol. The summed E-state index contributed by atoms with van der Waals surface area (Å²) in [6, 6.07) is 0. The molecule has 0 aromatic rings. The van der Waals surface area contributed by atoms with E-state index in [0.29, 0.717) is 13.1 Å². The van der Waals surface area contributed by atoms with Gasteiger partial charge >= 0.3 is 0 Å². The van der Waals surface area contributed by atoms with Gasteiger partial charge < -0.3 is 40.9 Å². The topological polar surface area (TPSA) is 168 Å². The first-order valence-corrected chi connectivity index (χ1v) is 7.96. The van der Waals surface area contributed by atoms with Gasteiger partial charge in [0.1, 0.15) is 0 Å². The molecule has 0 fully saturated rings. The van der Waals surface area contributed by atoms with E-state index in [1.165, 1.54) is 0 Å². The highest BCUT2D eigenvalue weighted by molar-refractivity contribution is 4.73. The van der Waals surface area contributed by atoms with Gasteiger partial charge in [-0.25, -0.2) is 0 Å². The number of aliphatic hydroxyl groups is 8. The van der Waals surface area contributed by atoms with Crippen LogP contribution in [0.1, 0.15) is 0 Å². The van der Waals surface area contributed by atoms with Gasteiger partial charge in [0, 0.05) is 39.3 Å². The van der Waals surface area contributed by atoms with Crippen LogP contribution in [-0.2, 0) is 0 Å². The normalized spacial score (nSPS) is 17.2. The van der Waals surface area contributed by atoms with Crippen molar-refractivity contribution >= 4 is 0 Å². The summed E-state index contributed by atoms with van der Waals surface area (Å²) in [5, 5.41) is 73.9. The molecular formula is C14H32N2O8. The molecule has 0 saturated heterocycles. The highest BCUT2D eigenvalue weighted by Crippen LogP contribution is 2.01. The minimum absolute atomic E-state index is 0.0759. The summed E-state index contributed by atoms with van der Waals surface area (Å²) >= 11 is 0. The van der Waals surface area contributed by atoms with Crippen molar-refractivity contribution in [2.75, 3.05) is 65.7 Å². The Labute approximate surface area is 141 Å². The molecule has 0 radical (unpaired) electrons. The Balaban J connectivity index is 4.66. The van der Waals surface area contributed by atoms with E-state index in [1.807, 2.05) is 0 Å². The molecule has 10 heteroatoms. The Morgan fingerprint density at radius 2 is 0.667 bits per heavy atom. The molecule has 24 heavy (non-hydrogen) atoms. The maximum atomic E-state index is 9.55. The lowest BCUT2D eigenvalue weighted by molar-refractivity contribution is 0.00402. The van der Waals surface area contributed by atoms with E-state index in [0.717, 1.165) is 0 Å². The molecule has 0 aliphatic carbocycles. The monoisotopic (exact) mass is 356 g/mol. The first-order chi connectivity index (χ1) is 11.4. The molecule has 146 valence electrons. The SMILES string of the molecule is OCC(O)CN(CCN(CC(O)CO)CC(O)CO)CC(O)CO. The van der Waals surface area contributed by atoms with Crippen LogP contribution in [0.3, 0.4) is 0 Å². The molecule has 0 spiro atoms. The van der Waals surface area contributed by atoms with Crippen molar-refractivity contribution in [3.63, 3.8) is 0 Å². The Morgan fingerprint density at radius 1 is 0.458 bits per heavy atom. The molecule has 10 nitrogen and oxygen atoms in total. The van der Waals surface area contributed by atoms with Gasteiger partial charge in [-0.05, 0) is 0 Å². The van der Waals surface area contributed by atoms with Crippen LogP contribution in [0, 0.1) is 0 Å². The number of hydrogen-bond donors (Lipinski definition) is 8. The summed E-state index contributed by atoms with van der Waals surface area (Å²) in [7, 11) is 0. The van der Waals surface area contributed by atoms with Gasteiger partial charge in [0.05, 0.1) is 50.8 Å². The van der Waals surface area contributed by atoms with E-state index in [9.17, 15) is 20.4 Å². The number of nitrogens with zero attached hydrogens (tertiary/aromatic N) is 2. The zero-order chi connectivity index (χ0) is 18.5. The Bertz CT molecular complexity index is 248. The van der Waals surface area contributed by atoms with Gasteiger partial charge in [0.2, 0.25) is 0 Å². The lowest BCUT2D eigenvalue weighted by atomic mass is 10.2. The van der Waals surface area contributed by atoms with Crippen LogP contribution in [0.15, 0.2) is 0 Å². The molecule has 0 heterocycles. The van der Waals surface area contributed by atoms with Crippen molar-refractivity contribution in [2.45, 2.75) is 24.4 Å². The van der Waals surface area contributed by atoms with E-state index in [4.69, 9.17) is 20.4 Å². The Hall–Kier alpha value is -0.400.